The third-order valence-corrected chi connectivity index (χ3v) is 7.55. The van der Waals surface area contributed by atoms with Crippen molar-refractivity contribution >= 4 is 34.7 Å². The first kappa shape index (κ1) is 22.7. The van der Waals surface area contributed by atoms with Crippen LogP contribution in [0.25, 0.3) is 0 Å². The zero-order chi connectivity index (χ0) is 21.2. The number of hydrogen-bond acceptors (Lipinski definition) is 6. The molecule has 0 unspecified atom stereocenters. The van der Waals surface area contributed by atoms with E-state index in [0.717, 1.165) is 30.5 Å². The highest BCUT2D eigenvalue weighted by molar-refractivity contribution is 7.98. The highest BCUT2D eigenvalue weighted by atomic mass is 35.5. The van der Waals surface area contributed by atoms with E-state index < -0.39 is 11.4 Å². The first-order valence-corrected chi connectivity index (χ1v) is 12.3. The average Bonchev–Trinajstić information content (AvgIpc) is 3.47. The lowest BCUT2D eigenvalue weighted by molar-refractivity contribution is 0.387. The van der Waals surface area contributed by atoms with Crippen LogP contribution < -0.4 is 9.46 Å². The van der Waals surface area contributed by atoms with Gasteiger partial charge in [0.15, 0.2) is 5.16 Å². The number of halogens is 1. The number of nitrogens with one attached hydrogen (secondary N) is 1. The second kappa shape index (κ2) is 9.02. The van der Waals surface area contributed by atoms with E-state index in [1.807, 2.05) is 57.4 Å². The molecular weight excluding hydrogens is 426 g/mol. The van der Waals surface area contributed by atoms with Gasteiger partial charge in [-0.2, -0.15) is 4.98 Å². The minimum absolute atomic E-state index is 0.0694. The van der Waals surface area contributed by atoms with Crippen LogP contribution in [-0.2, 0) is 16.8 Å². The molecule has 0 amide bonds. The van der Waals surface area contributed by atoms with E-state index >= 15 is 0 Å². The summed E-state index contributed by atoms with van der Waals surface area (Å²) in [5.41, 5.74) is 2.00. The molecule has 0 spiro atoms. The van der Waals surface area contributed by atoms with Gasteiger partial charge in [-0.25, -0.2) is 4.98 Å². The number of aromatic nitrogens is 2. The maximum Gasteiger partial charge on any atom is 0.217 e. The molecule has 1 aliphatic carbocycles. The van der Waals surface area contributed by atoms with Crippen molar-refractivity contribution in [1.82, 2.24) is 14.7 Å². The third kappa shape index (κ3) is 5.58. The quantitative estimate of drug-likeness (QED) is 0.341. The Bertz CT molecular complexity index is 817. The Morgan fingerprint density at radius 3 is 2.45 bits per heavy atom. The summed E-state index contributed by atoms with van der Waals surface area (Å²) in [5.74, 6) is 0.583. The van der Waals surface area contributed by atoms with Crippen LogP contribution in [0.1, 0.15) is 57.3 Å². The predicted octanol–water partition coefficient (Wildman–Crippen LogP) is 5.08. The summed E-state index contributed by atoms with van der Waals surface area (Å²) in [6.07, 6.45) is 4.83. The van der Waals surface area contributed by atoms with Crippen molar-refractivity contribution in [3.8, 4) is 5.88 Å². The summed E-state index contributed by atoms with van der Waals surface area (Å²) < 4.78 is 21.3. The molecule has 158 valence electrons. The molecule has 0 aliphatic heterocycles. The lowest BCUT2D eigenvalue weighted by Gasteiger charge is -2.30. The molecule has 1 saturated carbocycles. The highest BCUT2D eigenvalue weighted by Gasteiger charge is 2.48. The van der Waals surface area contributed by atoms with Crippen LogP contribution in [0, 0.1) is 0 Å². The molecule has 3 rings (SSSR count). The lowest BCUT2D eigenvalue weighted by Crippen LogP contribution is -2.42. The smallest absolute Gasteiger partial charge is 0.217 e. The van der Waals surface area contributed by atoms with Gasteiger partial charge in [0.25, 0.3) is 0 Å². The number of rotatable bonds is 8. The molecule has 1 fully saturated rings. The van der Waals surface area contributed by atoms with E-state index in [-0.39, 0.29) is 16.2 Å². The molecule has 0 radical (unpaired) electrons. The van der Waals surface area contributed by atoms with E-state index in [0.29, 0.717) is 16.1 Å². The summed E-state index contributed by atoms with van der Waals surface area (Å²) in [5, 5.41) is 1.40. The van der Waals surface area contributed by atoms with Gasteiger partial charge in [-0.1, -0.05) is 35.5 Å². The van der Waals surface area contributed by atoms with Crippen LogP contribution in [0.5, 0.6) is 5.88 Å². The van der Waals surface area contributed by atoms with Gasteiger partial charge in [-0.15, -0.1) is 4.72 Å². The Labute approximate surface area is 185 Å². The van der Waals surface area contributed by atoms with Gasteiger partial charge in [0.2, 0.25) is 5.88 Å². The Kier molecular flexibility index (Phi) is 7.06. The minimum atomic E-state index is -1.19. The standard InChI is InChI=1S/C21H28ClN3O2S2/c1-20(2,3)29(26)25-16(14-6-8-15(22)9-7-14)13-21(10-11-21)17-12-18(27-4)24-19(23-17)28-5/h6-9,12,16,25H,10-11,13H2,1-5H3/t16-,29-/m0/s1. The fourth-order valence-electron chi connectivity index (χ4n) is 3.21. The fourth-order valence-corrected chi connectivity index (χ4v) is 4.53. The van der Waals surface area contributed by atoms with Crippen LogP contribution in [-0.4, -0.2) is 32.6 Å². The number of nitrogens with zero attached hydrogens (tertiary/aromatic N) is 2. The molecule has 5 nitrogen and oxygen atoms in total. The first-order valence-electron chi connectivity index (χ1n) is 9.58. The summed E-state index contributed by atoms with van der Waals surface area (Å²) in [7, 11) is 1.63. The number of methoxy groups -OCH3 is 1. The molecule has 2 atom stereocenters. The number of thioether (sulfide) groups is 1. The topological polar surface area (TPSA) is 70.1 Å². The van der Waals surface area contributed by atoms with Gasteiger partial charge in [-0.05, 0) is 64.0 Å². The van der Waals surface area contributed by atoms with E-state index in [1.54, 1.807) is 7.11 Å². The third-order valence-electron chi connectivity index (χ3n) is 5.14. The Hall–Kier alpha value is -0.990. The Balaban J connectivity index is 1.91. The van der Waals surface area contributed by atoms with Crippen molar-refractivity contribution in [2.24, 2.45) is 0 Å². The molecule has 8 heteroatoms. The summed E-state index contributed by atoms with van der Waals surface area (Å²) in [6.45, 7) is 5.92. The van der Waals surface area contributed by atoms with Gasteiger partial charge in [0.05, 0.1) is 18.8 Å². The zero-order valence-corrected chi connectivity index (χ0v) is 19.9. The molecule has 29 heavy (non-hydrogen) atoms. The highest BCUT2D eigenvalue weighted by Crippen LogP contribution is 2.53. The Morgan fingerprint density at radius 1 is 1.28 bits per heavy atom. The van der Waals surface area contributed by atoms with Gasteiger partial charge in [-0.3, -0.25) is 0 Å². The number of ether oxygens (including phenoxy) is 1. The molecule has 1 aromatic heterocycles. The van der Waals surface area contributed by atoms with Crippen molar-refractivity contribution in [2.45, 2.75) is 61.4 Å². The molecule has 1 heterocycles. The molecule has 0 bridgehead atoms. The van der Waals surface area contributed by atoms with Gasteiger partial charge in [0, 0.05) is 27.9 Å². The maximum atomic E-state index is 12.9. The van der Waals surface area contributed by atoms with Crippen LogP contribution in [0.3, 0.4) is 0 Å². The van der Waals surface area contributed by atoms with Gasteiger partial charge >= 0.3 is 0 Å². The van der Waals surface area contributed by atoms with Crippen LogP contribution >= 0.6 is 23.4 Å². The van der Waals surface area contributed by atoms with Gasteiger partial charge < -0.3 is 9.29 Å². The van der Waals surface area contributed by atoms with E-state index in [4.69, 9.17) is 21.3 Å². The second-order valence-electron chi connectivity index (χ2n) is 8.37. The van der Waals surface area contributed by atoms with E-state index in [2.05, 4.69) is 9.71 Å². The minimum Gasteiger partial charge on any atom is -0.598 e. The van der Waals surface area contributed by atoms with Crippen molar-refractivity contribution < 1.29 is 9.29 Å². The maximum absolute atomic E-state index is 12.9. The number of benzene rings is 1. The number of hydrogen-bond donors (Lipinski definition) is 1. The monoisotopic (exact) mass is 453 g/mol. The zero-order valence-electron chi connectivity index (χ0n) is 17.5. The SMILES string of the molecule is COc1cc(C2(C[C@H](N[S@@+]([O-])C(C)(C)C)c3ccc(Cl)cc3)CC2)nc(SC)n1. The van der Waals surface area contributed by atoms with Crippen molar-refractivity contribution in [2.75, 3.05) is 13.4 Å². The van der Waals surface area contributed by atoms with Crippen LogP contribution in [0.4, 0.5) is 0 Å². The van der Waals surface area contributed by atoms with E-state index in [1.165, 1.54) is 11.8 Å². The summed E-state index contributed by atoms with van der Waals surface area (Å²) in [6, 6.07) is 9.63. The first-order chi connectivity index (χ1) is 13.7. The van der Waals surface area contributed by atoms with E-state index in [9.17, 15) is 4.55 Å². The van der Waals surface area contributed by atoms with Crippen molar-refractivity contribution in [1.29, 1.82) is 0 Å². The Morgan fingerprint density at radius 2 is 1.93 bits per heavy atom. The second-order valence-corrected chi connectivity index (χ2v) is 11.6. The predicted molar refractivity (Wildman–Crippen MR) is 121 cm³/mol. The molecule has 1 N–H and O–H groups in total. The molecule has 1 aliphatic rings. The average molecular weight is 454 g/mol. The van der Waals surface area contributed by atoms with Crippen molar-refractivity contribution in [3.05, 3.63) is 46.6 Å². The fraction of sp³-hybridized carbons (Fsp3) is 0.524. The largest absolute Gasteiger partial charge is 0.598 e. The lowest BCUT2D eigenvalue weighted by atomic mass is 9.90. The van der Waals surface area contributed by atoms with Crippen LogP contribution in [0.15, 0.2) is 35.5 Å². The van der Waals surface area contributed by atoms with Crippen molar-refractivity contribution in [3.63, 3.8) is 0 Å². The molecule has 1 aromatic carbocycles. The molecule has 2 aromatic rings. The molecule has 0 saturated heterocycles. The summed E-state index contributed by atoms with van der Waals surface area (Å²) >= 11 is 6.40. The molecular formula is C21H28ClN3O2S2. The normalized spacial score (nSPS) is 17.6. The van der Waals surface area contributed by atoms with Crippen LogP contribution in [0.2, 0.25) is 5.02 Å². The summed E-state index contributed by atoms with van der Waals surface area (Å²) in [4.78, 5) is 9.16. The van der Waals surface area contributed by atoms with Gasteiger partial charge in [0.1, 0.15) is 4.75 Å².